The summed E-state index contributed by atoms with van der Waals surface area (Å²) < 4.78 is 11.8. The summed E-state index contributed by atoms with van der Waals surface area (Å²) in [7, 11) is 3.20. The number of rotatable bonds is 13. The fourth-order valence-corrected chi connectivity index (χ4v) is 5.52. The normalized spacial score (nSPS) is 11.5. The number of nitrogens with one attached hydrogen (secondary N) is 1. The van der Waals surface area contributed by atoms with Gasteiger partial charge in [-0.1, -0.05) is 82.7 Å². The van der Waals surface area contributed by atoms with Gasteiger partial charge in [0.2, 0.25) is 16.9 Å². The summed E-state index contributed by atoms with van der Waals surface area (Å²) in [5.74, 6) is 0.773. The minimum atomic E-state index is -0.290. The van der Waals surface area contributed by atoms with Crippen LogP contribution >= 0.6 is 27.3 Å². The minimum Gasteiger partial charge on any atom is -0.493 e. The number of aromatic nitrogens is 2. The van der Waals surface area contributed by atoms with E-state index in [9.17, 15) is 9.59 Å². The van der Waals surface area contributed by atoms with E-state index in [4.69, 9.17) is 9.47 Å². The molecule has 10 heteroatoms. The first kappa shape index (κ1) is 30.2. The summed E-state index contributed by atoms with van der Waals surface area (Å²) >= 11 is 4.74. The van der Waals surface area contributed by atoms with Crippen molar-refractivity contribution in [2.75, 3.05) is 32.6 Å². The zero-order valence-corrected chi connectivity index (χ0v) is 25.7. The van der Waals surface area contributed by atoms with E-state index in [0.717, 1.165) is 21.2 Å². The van der Waals surface area contributed by atoms with Crippen LogP contribution in [0.1, 0.15) is 36.8 Å². The smallest absolute Gasteiger partial charge is 0.230 e. The molecule has 1 aromatic heterocycles. The fourth-order valence-electron chi connectivity index (χ4n) is 4.49. The number of hydrogen-bond donors (Lipinski definition) is 1. The lowest BCUT2D eigenvalue weighted by Crippen LogP contribution is -2.38. The van der Waals surface area contributed by atoms with Gasteiger partial charge in [0.15, 0.2) is 11.5 Å². The van der Waals surface area contributed by atoms with Gasteiger partial charge >= 0.3 is 0 Å². The van der Waals surface area contributed by atoms with E-state index in [0.29, 0.717) is 41.0 Å². The molecule has 1 heterocycles. The molecule has 0 saturated carbocycles. The van der Waals surface area contributed by atoms with Crippen LogP contribution in [0.4, 0.5) is 5.13 Å². The van der Waals surface area contributed by atoms with Gasteiger partial charge in [-0.05, 0) is 48.2 Å². The highest BCUT2D eigenvalue weighted by atomic mass is 79.9. The summed E-state index contributed by atoms with van der Waals surface area (Å²) in [5, 5.41) is 12.3. The van der Waals surface area contributed by atoms with Crippen LogP contribution in [-0.2, 0) is 16.0 Å². The summed E-state index contributed by atoms with van der Waals surface area (Å²) in [6.45, 7) is 2.74. The van der Waals surface area contributed by atoms with Gasteiger partial charge in [0.1, 0.15) is 5.01 Å². The molecule has 0 aliphatic rings. The van der Waals surface area contributed by atoms with Crippen molar-refractivity contribution in [3.05, 3.63) is 88.4 Å². The zero-order chi connectivity index (χ0) is 29.2. The van der Waals surface area contributed by atoms with Gasteiger partial charge in [-0.15, -0.1) is 10.2 Å². The third-order valence-corrected chi connectivity index (χ3v) is 8.13. The van der Waals surface area contributed by atoms with E-state index < -0.39 is 0 Å². The Balaban J connectivity index is 1.45. The summed E-state index contributed by atoms with van der Waals surface area (Å²) in [4.78, 5) is 28.5. The monoisotopic (exact) mass is 636 g/mol. The molecule has 3 aromatic carbocycles. The highest BCUT2D eigenvalue weighted by Gasteiger charge is 2.25. The highest BCUT2D eigenvalue weighted by molar-refractivity contribution is 9.10. The summed E-state index contributed by atoms with van der Waals surface area (Å²) in [6, 6.07) is 23.3. The molecular weight excluding hydrogens is 604 g/mol. The number of amides is 2. The standard InChI is InChI=1S/C31H33BrN4O4S/c1-4-25(22-8-6-5-7-9-22)30(38)36(18-16-21-10-15-26(39-2)27(20-21)40-3)19-17-28(37)33-31-35-34-29(41-31)23-11-13-24(32)14-12-23/h5-15,20,25H,4,16-19H2,1-3H3,(H,33,35,37). The van der Waals surface area contributed by atoms with Gasteiger partial charge in [-0.25, -0.2) is 0 Å². The Morgan fingerprint density at radius 2 is 1.68 bits per heavy atom. The topological polar surface area (TPSA) is 93.7 Å². The number of carbonyl (C=O) groups is 2. The van der Waals surface area contributed by atoms with Crippen molar-refractivity contribution >= 4 is 44.2 Å². The minimum absolute atomic E-state index is 0.000386. The number of anilines is 1. The number of ether oxygens (including phenoxy) is 2. The third-order valence-electron chi connectivity index (χ3n) is 6.71. The number of nitrogens with zero attached hydrogens (tertiary/aromatic N) is 3. The van der Waals surface area contributed by atoms with Crippen LogP contribution < -0.4 is 14.8 Å². The zero-order valence-electron chi connectivity index (χ0n) is 23.3. The van der Waals surface area contributed by atoms with Gasteiger partial charge in [0.25, 0.3) is 0 Å². The highest BCUT2D eigenvalue weighted by Crippen LogP contribution is 2.29. The van der Waals surface area contributed by atoms with E-state index in [1.165, 1.54) is 11.3 Å². The van der Waals surface area contributed by atoms with Gasteiger partial charge < -0.3 is 19.7 Å². The van der Waals surface area contributed by atoms with Crippen molar-refractivity contribution in [1.82, 2.24) is 15.1 Å². The largest absolute Gasteiger partial charge is 0.493 e. The molecule has 214 valence electrons. The number of carbonyl (C=O) groups excluding carboxylic acids is 2. The predicted molar refractivity (Wildman–Crippen MR) is 166 cm³/mol. The second-order valence-electron chi connectivity index (χ2n) is 9.35. The summed E-state index contributed by atoms with van der Waals surface area (Å²) in [5.41, 5.74) is 2.89. The molecule has 4 aromatic rings. The molecule has 1 unspecified atom stereocenters. The molecule has 1 N–H and O–H groups in total. The van der Waals surface area contributed by atoms with Crippen molar-refractivity contribution in [2.24, 2.45) is 0 Å². The third kappa shape index (κ3) is 8.14. The molecule has 0 aliphatic carbocycles. The Hall–Kier alpha value is -3.76. The SMILES string of the molecule is CCC(C(=O)N(CCC(=O)Nc1nnc(-c2ccc(Br)cc2)s1)CCc1ccc(OC)c(OC)c1)c1ccccc1. The van der Waals surface area contributed by atoms with E-state index in [1.54, 1.807) is 19.1 Å². The van der Waals surface area contributed by atoms with Crippen molar-refractivity contribution < 1.29 is 19.1 Å². The maximum Gasteiger partial charge on any atom is 0.230 e. The Bertz CT molecular complexity index is 1450. The van der Waals surface area contributed by atoms with Crippen LogP contribution in [0.3, 0.4) is 0 Å². The Labute approximate surface area is 252 Å². The number of benzene rings is 3. The van der Waals surface area contributed by atoms with E-state index >= 15 is 0 Å². The van der Waals surface area contributed by atoms with Crippen LogP contribution in [0.15, 0.2) is 77.3 Å². The number of methoxy groups -OCH3 is 2. The quantitative estimate of drug-likeness (QED) is 0.178. The van der Waals surface area contributed by atoms with Gasteiger partial charge in [0.05, 0.1) is 20.1 Å². The molecule has 0 spiro atoms. The average molecular weight is 638 g/mol. The van der Waals surface area contributed by atoms with Gasteiger partial charge in [-0.2, -0.15) is 0 Å². The molecule has 0 saturated heterocycles. The van der Waals surface area contributed by atoms with Crippen LogP contribution in [0.2, 0.25) is 0 Å². The first-order valence-corrected chi connectivity index (χ1v) is 15.0. The van der Waals surface area contributed by atoms with Crippen molar-refractivity contribution in [3.8, 4) is 22.1 Å². The van der Waals surface area contributed by atoms with Crippen molar-refractivity contribution in [3.63, 3.8) is 0 Å². The molecule has 1 atom stereocenters. The Kier molecular flexibility index (Phi) is 10.9. The van der Waals surface area contributed by atoms with Crippen molar-refractivity contribution in [2.45, 2.75) is 32.1 Å². The number of hydrogen-bond acceptors (Lipinski definition) is 7. The first-order chi connectivity index (χ1) is 19.9. The van der Waals surface area contributed by atoms with E-state index in [2.05, 4.69) is 31.4 Å². The fraction of sp³-hybridized carbons (Fsp3) is 0.290. The Morgan fingerprint density at radius 1 is 0.951 bits per heavy atom. The average Bonchev–Trinajstić information content (AvgIpc) is 3.46. The molecule has 0 bridgehead atoms. The van der Waals surface area contributed by atoms with Crippen molar-refractivity contribution in [1.29, 1.82) is 0 Å². The molecule has 8 nitrogen and oxygen atoms in total. The number of halogens is 1. The molecule has 4 rings (SSSR count). The van der Waals surface area contributed by atoms with Crippen LogP contribution in [0, 0.1) is 0 Å². The van der Waals surface area contributed by atoms with Crippen LogP contribution in [0.5, 0.6) is 11.5 Å². The van der Waals surface area contributed by atoms with Gasteiger partial charge in [0, 0.05) is 29.5 Å². The van der Waals surface area contributed by atoms with E-state index in [-0.39, 0.29) is 30.7 Å². The molecule has 41 heavy (non-hydrogen) atoms. The molecule has 0 aliphatic heterocycles. The van der Waals surface area contributed by atoms with E-state index in [1.807, 2.05) is 79.7 Å². The summed E-state index contributed by atoms with van der Waals surface area (Å²) in [6.07, 6.45) is 1.40. The van der Waals surface area contributed by atoms with Crippen LogP contribution in [-0.4, -0.2) is 54.2 Å². The van der Waals surface area contributed by atoms with Gasteiger partial charge in [-0.3, -0.25) is 9.59 Å². The maximum atomic E-state index is 13.8. The first-order valence-electron chi connectivity index (χ1n) is 13.4. The second kappa shape index (κ2) is 14.7. The predicted octanol–water partition coefficient (Wildman–Crippen LogP) is 6.58. The second-order valence-corrected chi connectivity index (χ2v) is 11.2. The lowest BCUT2D eigenvalue weighted by Gasteiger charge is -2.27. The lowest BCUT2D eigenvalue weighted by molar-refractivity contribution is -0.133. The maximum absolute atomic E-state index is 13.8. The molecule has 0 radical (unpaired) electrons. The van der Waals surface area contributed by atoms with Crippen LogP contribution in [0.25, 0.3) is 10.6 Å². The molecule has 2 amide bonds. The molecular formula is C31H33BrN4O4S. The Morgan fingerprint density at radius 3 is 2.37 bits per heavy atom. The molecule has 0 fully saturated rings. The lowest BCUT2D eigenvalue weighted by atomic mass is 9.94.